The van der Waals surface area contributed by atoms with Crippen LogP contribution >= 0.6 is 0 Å². The second-order valence-electron chi connectivity index (χ2n) is 24.0. The lowest BCUT2D eigenvalue weighted by atomic mass is 9.87. The van der Waals surface area contributed by atoms with Gasteiger partial charge in [0.25, 0.3) is 11.8 Å². The molecule has 22 heteroatoms. The number of hydrogen-bond donors (Lipinski definition) is 1. The summed E-state index contributed by atoms with van der Waals surface area (Å²) >= 11 is 0. The molecule has 3 aliphatic heterocycles. The molecule has 2 aromatic carbocycles. The molecule has 3 heterocycles. The molecule has 2 bridgehead atoms. The van der Waals surface area contributed by atoms with E-state index in [1.807, 2.05) is 13.8 Å². The number of ketones is 1. The van der Waals surface area contributed by atoms with Gasteiger partial charge in [-0.3, -0.25) is 33.6 Å². The highest BCUT2D eigenvalue weighted by atomic mass is 19.1. The molecule has 494 valence electrons. The molecule has 21 nitrogen and oxygen atoms in total. The minimum atomic E-state index is -1.51. The summed E-state index contributed by atoms with van der Waals surface area (Å²) in [6, 6.07) is 3.35. The topological polar surface area (TPSA) is 237 Å². The third kappa shape index (κ3) is 21.8. The average Bonchev–Trinajstić information content (AvgIpc) is 1.47. The van der Waals surface area contributed by atoms with Gasteiger partial charge in [0.15, 0.2) is 18.1 Å². The van der Waals surface area contributed by atoms with Crippen molar-refractivity contribution in [1.29, 1.82) is 0 Å². The molecule has 2 saturated heterocycles. The second kappa shape index (κ2) is 35.5. The normalized spacial score (nSPS) is 23.8. The van der Waals surface area contributed by atoms with Crippen molar-refractivity contribution in [2.45, 2.75) is 181 Å². The zero-order chi connectivity index (χ0) is 66.2. The number of piperidine rings is 1. The quantitative estimate of drug-likeness (QED) is 0.193. The summed E-state index contributed by atoms with van der Waals surface area (Å²) in [5.41, 5.74) is -1.33. The Balaban J connectivity index is 0.00000219. The maximum absolute atomic E-state index is 15.7. The summed E-state index contributed by atoms with van der Waals surface area (Å²) in [7, 11) is 7.41. The third-order valence-corrected chi connectivity index (χ3v) is 15.8. The predicted octanol–water partition coefficient (Wildman–Crippen LogP) is 8.31. The number of fused-ring (bicyclic) bond motifs is 4. The van der Waals surface area contributed by atoms with E-state index in [1.54, 1.807) is 59.0 Å². The molecule has 0 spiro atoms. The number of methoxy groups -OCH3 is 2. The van der Waals surface area contributed by atoms with Gasteiger partial charge < -0.3 is 58.2 Å². The molecule has 0 radical (unpaired) electrons. The van der Waals surface area contributed by atoms with Gasteiger partial charge in [-0.2, -0.15) is 0 Å². The van der Waals surface area contributed by atoms with Gasteiger partial charge in [-0.25, -0.2) is 14.0 Å². The van der Waals surface area contributed by atoms with Gasteiger partial charge in [-0.1, -0.05) is 57.2 Å². The van der Waals surface area contributed by atoms with E-state index in [9.17, 15) is 43.2 Å². The van der Waals surface area contributed by atoms with E-state index in [2.05, 4.69) is 29.6 Å². The molecule has 6 rings (SSSR count). The number of hydrogen-bond acceptors (Lipinski definition) is 15. The molecule has 2 fully saturated rings. The highest BCUT2D eigenvalue weighted by Crippen LogP contribution is 2.34. The summed E-state index contributed by atoms with van der Waals surface area (Å²) < 4.78 is 50.2. The van der Waals surface area contributed by atoms with E-state index in [4.69, 9.17) is 28.4 Å². The molecule has 6 atom stereocenters. The number of nitrogens with zero attached hydrogens (tertiary/aromatic N) is 5. The number of carbonyl (C=O) groups is 9. The Morgan fingerprint density at radius 3 is 2.03 bits per heavy atom. The molecular weight excluding hydrogens is 1150 g/mol. The maximum atomic E-state index is 15.7. The van der Waals surface area contributed by atoms with E-state index >= 15 is 4.39 Å². The zero-order valence-corrected chi connectivity index (χ0v) is 54.9. The van der Waals surface area contributed by atoms with Crippen LogP contribution < -0.4 is 19.5 Å². The van der Waals surface area contributed by atoms with Gasteiger partial charge in [-0.15, -0.1) is 0 Å². The largest absolute Gasteiger partial charge is 0.493 e. The lowest BCUT2D eigenvalue weighted by molar-refractivity contribution is -0.165. The van der Waals surface area contributed by atoms with Gasteiger partial charge in [0, 0.05) is 54.3 Å². The molecule has 1 N–H and O–H groups in total. The van der Waals surface area contributed by atoms with Crippen LogP contribution in [0.15, 0.2) is 72.9 Å². The number of ether oxygens (including phenoxy) is 6. The molecule has 2 aromatic rings. The number of rotatable bonds is 8. The minimum Gasteiger partial charge on any atom is -0.493 e. The van der Waals surface area contributed by atoms with Crippen molar-refractivity contribution < 1.29 is 77.4 Å². The zero-order valence-electron chi connectivity index (χ0n) is 54.9. The Labute approximate surface area is 527 Å². The predicted molar refractivity (Wildman–Crippen MR) is 336 cm³/mol. The van der Waals surface area contributed by atoms with Crippen LogP contribution in [0.3, 0.4) is 0 Å². The first kappa shape index (κ1) is 73.8. The van der Waals surface area contributed by atoms with Crippen LogP contribution in [0.4, 0.5) is 4.39 Å². The number of halogens is 1. The lowest BCUT2D eigenvalue weighted by Crippen LogP contribution is -2.59. The van der Waals surface area contributed by atoms with Gasteiger partial charge in [0.2, 0.25) is 29.4 Å². The monoisotopic (exact) mass is 1250 g/mol. The minimum absolute atomic E-state index is 0. The summed E-state index contributed by atoms with van der Waals surface area (Å²) in [6.45, 7) is 14.7. The number of amides is 6. The lowest BCUT2D eigenvalue weighted by Gasteiger charge is -2.36. The number of allylic oxidation sites excluding steroid dienone is 5. The average molecular weight is 1250 g/mol. The van der Waals surface area contributed by atoms with E-state index in [-0.39, 0.29) is 70.6 Å². The number of aryl methyl sites for hydroxylation is 1. The highest BCUT2D eigenvalue weighted by molar-refractivity contribution is 6.38. The van der Waals surface area contributed by atoms with Crippen molar-refractivity contribution in [3.63, 3.8) is 0 Å². The number of benzene rings is 2. The molecule has 4 aliphatic rings. The van der Waals surface area contributed by atoms with E-state index in [0.29, 0.717) is 50.0 Å². The highest BCUT2D eigenvalue weighted by Gasteiger charge is 2.44. The summed E-state index contributed by atoms with van der Waals surface area (Å²) in [6.07, 6.45) is 16.0. The van der Waals surface area contributed by atoms with E-state index < -0.39 is 114 Å². The fraction of sp³-hybridized carbons (Fsp3) is 0.597. The van der Waals surface area contributed by atoms with Crippen LogP contribution in [0, 0.1) is 11.2 Å². The molecule has 6 amide bonds. The number of cyclic esters (lactones) is 2. The van der Waals surface area contributed by atoms with Crippen molar-refractivity contribution in [3.8, 4) is 17.2 Å². The summed E-state index contributed by atoms with van der Waals surface area (Å²) in [4.78, 5) is 132. The van der Waals surface area contributed by atoms with Gasteiger partial charge in [0.05, 0.1) is 31.8 Å². The van der Waals surface area contributed by atoms with E-state index in [1.165, 1.54) is 93.7 Å². The first-order valence-electron chi connectivity index (χ1n) is 31.1. The van der Waals surface area contributed by atoms with Gasteiger partial charge in [0.1, 0.15) is 54.5 Å². The molecule has 0 saturated carbocycles. The van der Waals surface area contributed by atoms with Crippen LogP contribution in [0.5, 0.6) is 17.2 Å². The fourth-order valence-corrected chi connectivity index (χ4v) is 10.3. The molecule has 1 unspecified atom stereocenters. The number of likely N-dealkylation sites (N-methyl/N-ethyl adjacent to an activating group) is 3. The summed E-state index contributed by atoms with van der Waals surface area (Å²) in [5.74, 6) is -6.24. The number of esters is 2. The molecule has 0 aromatic heterocycles. The fourth-order valence-electron chi connectivity index (χ4n) is 10.3. The molecule has 1 aliphatic carbocycles. The van der Waals surface area contributed by atoms with Crippen molar-refractivity contribution in [2.24, 2.45) is 5.41 Å². The van der Waals surface area contributed by atoms with Crippen LogP contribution in [0.25, 0.3) is 0 Å². The van der Waals surface area contributed by atoms with Crippen molar-refractivity contribution >= 4 is 53.2 Å². The smallest absolute Gasteiger partial charge is 0.330 e. The first-order chi connectivity index (χ1) is 42.2. The van der Waals surface area contributed by atoms with Crippen molar-refractivity contribution in [3.05, 3.63) is 89.8 Å². The molecule has 89 heavy (non-hydrogen) atoms. The van der Waals surface area contributed by atoms with Crippen LogP contribution in [-0.2, 0) is 63.8 Å². The maximum Gasteiger partial charge on any atom is 0.330 e. The Hall–Kier alpha value is -7.62. The third-order valence-electron chi connectivity index (χ3n) is 15.8. The first-order valence-corrected chi connectivity index (χ1v) is 31.1. The Morgan fingerprint density at radius 1 is 0.742 bits per heavy atom. The van der Waals surface area contributed by atoms with Gasteiger partial charge in [-0.05, 0) is 154 Å². The standard InChI is InChI=1S/C59H83FN6O15.C6H8.C2H6.H2/c1-13-42-53(71)64(10)45(34-80-58(3,4)5)55(73)65-29-19-21-43(65)54(72)62(8)27-17-14-15-22-50(68)79-36-59(6,7)51(69)56(74)66-28-18-16-20-44(66)57(75)81-46(25-23-38-24-26-47(76-11)48(30-38)77-12)39-31-40(60)33-41(32-39)78-35-49(67)63(9)37(2)52(70)61-42;1-2-4-6-5-3-1;1-2;/h15,22,24,26,30-33,37,42-46H,13-14,16-21,23,25,27-29,34-36H2,1-12H3,(H,61,70);1-4H,5-6H2;1-2H3;1H/b22-15+;;;/t37-,42?,43-,44-,45-,46+;;;/m0.../s1. The number of carbonyl (C=O) groups excluding carboxylic acids is 9. The second-order valence-corrected chi connectivity index (χ2v) is 24.0. The van der Waals surface area contributed by atoms with E-state index in [0.717, 1.165) is 22.6 Å². The van der Waals surface area contributed by atoms with Crippen molar-refractivity contribution in [2.75, 3.05) is 74.8 Å². The Bertz CT molecular complexity index is 2840. The van der Waals surface area contributed by atoms with Crippen LogP contribution in [0.2, 0.25) is 0 Å². The molecular formula is C67H99FN6O15. The SMILES string of the molecule is C1=CCCC=C1.CC.CCC1NC(=O)[C@H](C)N(C)C(=O)COc2cc(F)cc(c2)[C@@H](CCc2ccc(OC)c(OC)c2)OC(=O)[C@@H]2CCCCN2C(=O)C(=O)C(C)(C)COC(=O)/C=C/CCCN(C)C(=O)[C@@H]2CCCN2C(=O)[C@H](COC(C)(C)C)N(C)C1=O.[HH]. The number of Topliss-reactive ketones (excluding diaryl/α,β-unsaturated/α-hetero) is 1. The number of nitrogens with one attached hydrogen (secondary N) is 1. The van der Waals surface area contributed by atoms with Crippen LogP contribution in [0.1, 0.15) is 152 Å². The van der Waals surface area contributed by atoms with Crippen LogP contribution in [-0.4, -0.2) is 188 Å². The Morgan fingerprint density at radius 2 is 1.40 bits per heavy atom. The van der Waals surface area contributed by atoms with Gasteiger partial charge >= 0.3 is 11.9 Å². The Kier molecular flexibility index (Phi) is 29.5. The summed E-state index contributed by atoms with van der Waals surface area (Å²) in [5, 5.41) is 2.73. The van der Waals surface area contributed by atoms with Crippen molar-refractivity contribution in [1.82, 2.24) is 29.8 Å².